The number of pyridine rings is 1. The summed E-state index contributed by atoms with van der Waals surface area (Å²) >= 11 is 0. The normalized spacial score (nSPS) is 10.7. The summed E-state index contributed by atoms with van der Waals surface area (Å²) in [7, 11) is 1.63. The van der Waals surface area contributed by atoms with E-state index < -0.39 is 5.97 Å². The summed E-state index contributed by atoms with van der Waals surface area (Å²) in [4.78, 5) is 17.0. The first-order valence-electron chi connectivity index (χ1n) is 6.00. The molecule has 0 saturated heterocycles. The summed E-state index contributed by atoms with van der Waals surface area (Å²) in [6.07, 6.45) is 0.150. The monoisotopic (exact) mass is 252 g/mol. The van der Waals surface area contributed by atoms with Crippen molar-refractivity contribution in [3.8, 4) is 5.75 Å². The van der Waals surface area contributed by atoms with E-state index in [4.69, 9.17) is 9.84 Å². The number of nitrogens with zero attached hydrogens (tertiary/aromatic N) is 2. The Morgan fingerprint density at radius 2 is 2.22 bits per heavy atom. The highest BCUT2D eigenvalue weighted by atomic mass is 16.5. The van der Waals surface area contributed by atoms with E-state index in [9.17, 15) is 4.79 Å². The van der Waals surface area contributed by atoms with Crippen LogP contribution in [0.1, 0.15) is 24.7 Å². The van der Waals surface area contributed by atoms with Gasteiger partial charge in [0.05, 0.1) is 19.2 Å². The summed E-state index contributed by atoms with van der Waals surface area (Å²) in [6, 6.07) is 3.76. The molecule has 0 aliphatic heterocycles. The van der Waals surface area contributed by atoms with Gasteiger partial charge >= 0.3 is 5.97 Å². The minimum Gasteiger partial charge on any atom is -0.497 e. The van der Waals surface area contributed by atoms with E-state index in [2.05, 4.69) is 9.88 Å². The van der Waals surface area contributed by atoms with E-state index in [0.29, 0.717) is 13.1 Å². The molecule has 0 unspecified atom stereocenters. The Balaban J connectivity index is 2.68. The number of methoxy groups -OCH3 is 1. The fourth-order valence-corrected chi connectivity index (χ4v) is 1.73. The highest BCUT2D eigenvalue weighted by molar-refractivity contribution is 5.66. The molecule has 1 rings (SSSR count). The predicted octanol–water partition coefficient (Wildman–Crippen LogP) is 1.70. The standard InChI is InChI=1S/C13H20N2O3/c1-4-15(6-5-13(16)17)9-11-8-12(18-3)7-10(2)14-11/h7-8H,4-6,9H2,1-3H3,(H,16,17). The van der Waals surface area contributed by atoms with Crippen molar-refractivity contribution in [2.75, 3.05) is 20.2 Å². The molecule has 1 heterocycles. The van der Waals surface area contributed by atoms with Gasteiger partial charge in [-0.05, 0) is 13.5 Å². The van der Waals surface area contributed by atoms with Gasteiger partial charge < -0.3 is 9.84 Å². The highest BCUT2D eigenvalue weighted by Crippen LogP contribution is 2.14. The number of aliphatic carboxylic acids is 1. The first-order valence-corrected chi connectivity index (χ1v) is 6.00. The zero-order valence-corrected chi connectivity index (χ0v) is 11.1. The van der Waals surface area contributed by atoms with E-state index in [1.165, 1.54) is 0 Å². The fraction of sp³-hybridized carbons (Fsp3) is 0.538. The molecule has 5 nitrogen and oxygen atoms in total. The summed E-state index contributed by atoms with van der Waals surface area (Å²) in [5.74, 6) is 0.00928. The number of rotatable bonds is 7. The summed E-state index contributed by atoms with van der Waals surface area (Å²) in [6.45, 7) is 5.89. The Kier molecular flexibility index (Phi) is 5.58. The highest BCUT2D eigenvalue weighted by Gasteiger charge is 2.08. The molecule has 0 aliphatic carbocycles. The molecular formula is C13H20N2O3. The average molecular weight is 252 g/mol. The lowest BCUT2D eigenvalue weighted by Gasteiger charge is -2.19. The molecule has 0 atom stereocenters. The van der Waals surface area contributed by atoms with Crippen molar-refractivity contribution in [1.29, 1.82) is 0 Å². The molecule has 0 aromatic carbocycles. The van der Waals surface area contributed by atoms with Gasteiger partial charge in [0.1, 0.15) is 5.75 Å². The average Bonchev–Trinajstić information content (AvgIpc) is 2.33. The van der Waals surface area contributed by atoms with Crippen LogP contribution in [-0.4, -0.2) is 41.2 Å². The second kappa shape index (κ2) is 6.96. The minimum absolute atomic E-state index is 0.150. The molecule has 0 spiro atoms. The van der Waals surface area contributed by atoms with E-state index in [-0.39, 0.29) is 6.42 Å². The summed E-state index contributed by atoms with van der Waals surface area (Å²) in [5.41, 5.74) is 1.80. The Bertz CT molecular complexity index is 407. The second-order valence-corrected chi connectivity index (χ2v) is 4.15. The van der Waals surface area contributed by atoms with Crippen LogP contribution in [0.25, 0.3) is 0 Å². The van der Waals surface area contributed by atoms with Gasteiger partial charge in [0.2, 0.25) is 0 Å². The Morgan fingerprint density at radius 1 is 1.50 bits per heavy atom. The molecule has 0 fully saturated rings. The molecule has 0 bridgehead atoms. The number of carboxylic acid groups (broad SMARTS) is 1. The third-order valence-electron chi connectivity index (χ3n) is 2.69. The van der Waals surface area contributed by atoms with Gasteiger partial charge in [0.25, 0.3) is 0 Å². The van der Waals surface area contributed by atoms with Gasteiger partial charge in [-0.2, -0.15) is 0 Å². The number of hydrogen-bond donors (Lipinski definition) is 1. The van der Waals surface area contributed by atoms with Crippen LogP contribution in [0.2, 0.25) is 0 Å². The van der Waals surface area contributed by atoms with Crippen molar-refractivity contribution in [2.45, 2.75) is 26.8 Å². The maximum absolute atomic E-state index is 10.6. The number of aromatic nitrogens is 1. The van der Waals surface area contributed by atoms with Crippen LogP contribution >= 0.6 is 0 Å². The predicted molar refractivity (Wildman–Crippen MR) is 68.7 cm³/mol. The van der Waals surface area contributed by atoms with Crippen LogP contribution in [-0.2, 0) is 11.3 Å². The van der Waals surface area contributed by atoms with Gasteiger partial charge in [0.15, 0.2) is 0 Å². The van der Waals surface area contributed by atoms with Gasteiger partial charge in [-0.3, -0.25) is 14.7 Å². The number of ether oxygens (including phenoxy) is 1. The molecule has 0 aliphatic rings. The first-order chi connectivity index (χ1) is 8.55. The molecule has 1 aromatic heterocycles. The molecule has 0 saturated carbocycles. The summed E-state index contributed by atoms with van der Waals surface area (Å²) in [5, 5.41) is 8.69. The van der Waals surface area contributed by atoms with Crippen molar-refractivity contribution < 1.29 is 14.6 Å². The van der Waals surface area contributed by atoms with Crippen molar-refractivity contribution in [3.05, 3.63) is 23.5 Å². The van der Waals surface area contributed by atoms with Gasteiger partial charge in [-0.25, -0.2) is 0 Å². The van der Waals surface area contributed by atoms with Crippen LogP contribution in [0.3, 0.4) is 0 Å². The molecule has 1 aromatic rings. The first kappa shape index (κ1) is 14.4. The second-order valence-electron chi connectivity index (χ2n) is 4.15. The van der Waals surface area contributed by atoms with E-state index in [1.54, 1.807) is 7.11 Å². The molecule has 0 amide bonds. The number of aryl methyl sites for hydroxylation is 1. The van der Waals surface area contributed by atoms with Crippen molar-refractivity contribution in [3.63, 3.8) is 0 Å². The lowest BCUT2D eigenvalue weighted by Crippen LogP contribution is -2.26. The van der Waals surface area contributed by atoms with Crippen molar-refractivity contribution >= 4 is 5.97 Å². The summed E-state index contributed by atoms with van der Waals surface area (Å²) < 4.78 is 5.20. The number of carbonyl (C=O) groups is 1. The van der Waals surface area contributed by atoms with Crippen LogP contribution < -0.4 is 4.74 Å². The minimum atomic E-state index is -0.775. The van der Waals surface area contributed by atoms with Gasteiger partial charge in [-0.15, -0.1) is 0 Å². The molecule has 1 N–H and O–H groups in total. The van der Waals surface area contributed by atoms with Crippen LogP contribution in [0.4, 0.5) is 0 Å². The van der Waals surface area contributed by atoms with E-state index >= 15 is 0 Å². The zero-order valence-electron chi connectivity index (χ0n) is 11.1. The number of hydrogen-bond acceptors (Lipinski definition) is 4. The van der Waals surface area contributed by atoms with Crippen molar-refractivity contribution in [2.24, 2.45) is 0 Å². The van der Waals surface area contributed by atoms with Gasteiger partial charge in [-0.1, -0.05) is 6.92 Å². The Labute approximate surface area is 107 Å². The molecule has 18 heavy (non-hydrogen) atoms. The Morgan fingerprint density at radius 3 is 2.78 bits per heavy atom. The lowest BCUT2D eigenvalue weighted by molar-refractivity contribution is -0.137. The number of carboxylic acids is 1. The van der Waals surface area contributed by atoms with Gasteiger partial charge in [0, 0.05) is 30.9 Å². The van der Waals surface area contributed by atoms with Crippen molar-refractivity contribution in [1.82, 2.24) is 9.88 Å². The van der Waals surface area contributed by atoms with Crippen LogP contribution in [0, 0.1) is 6.92 Å². The maximum atomic E-state index is 10.6. The third kappa shape index (κ3) is 4.71. The topological polar surface area (TPSA) is 62.7 Å². The Hall–Kier alpha value is -1.62. The molecule has 100 valence electrons. The van der Waals surface area contributed by atoms with Crippen LogP contribution in [0.15, 0.2) is 12.1 Å². The zero-order chi connectivity index (χ0) is 13.5. The van der Waals surface area contributed by atoms with Crippen LogP contribution in [0.5, 0.6) is 5.75 Å². The fourth-order valence-electron chi connectivity index (χ4n) is 1.73. The largest absolute Gasteiger partial charge is 0.497 e. The molecular weight excluding hydrogens is 232 g/mol. The maximum Gasteiger partial charge on any atom is 0.304 e. The quantitative estimate of drug-likeness (QED) is 0.800. The van der Waals surface area contributed by atoms with E-state index in [0.717, 1.165) is 23.7 Å². The van der Waals surface area contributed by atoms with E-state index in [1.807, 2.05) is 26.0 Å². The third-order valence-corrected chi connectivity index (χ3v) is 2.69. The smallest absolute Gasteiger partial charge is 0.304 e. The lowest BCUT2D eigenvalue weighted by atomic mass is 10.2. The molecule has 5 heteroatoms. The SMILES string of the molecule is CCN(CCC(=O)O)Cc1cc(OC)cc(C)n1. The molecule has 0 radical (unpaired) electrons.